The Morgan fingerprint density at radius 2 is 1.55 bits per heavy atom. The van der Waals surface area contributed by atoms with Gasteiger partial charge in [0.15, 0.2) is 0 Å². The molecular formula is C30H36FN3O5S. The first-order valence-corrected chi connectivity index (χ1v) is 14.4. The van der Waals surface area contributed by atoms with Crippen LogP contribution < -0.4 is 14.4 Å². The Kier molecular flexibility index (Phi) is 9.92. The van der Waals surface area contributed by atoms with Crippen LogP contribution in [-0.4, -0.2) is 50.4 Å². The quantitative estimate of drug-likeness (QED) is 0.360. The van der Waals surface area contributed by atoms with Crippen molar-refractivity contribution in [2.24, 2.45) is 0 Å². The number of nitrogens with zero attached hydrogens (tertiary/aromatic N) is 2. The summed E-state index contributed by atoms with van der Waals surface area (Å²) in [5.41, 5.74) is 0.298. The molecule has 0 saturated carbocycles. The fourth-order valence-corrected chi connectivity index (χ4v) is 5.59. The lowest BCUT2D eigenvalue weighted by Crippen LogP contribution is -2.55. The summed E-state index contributed by atoms with van der Waals surface area (Å²) in [5, 5.41) is 2.92. The van der Waals surface area contributed by atoms with Crippen molar-refractivity contribution in [3.63, 3.8) is 0 Å². The maximum atomic E-state index is 14.0. The maximum Gasteiger partial charge on any atom is 0.264 e. The minimum absolute atomic E-state index is 0.0150. The highest BCUT2D eigenvalue weighted by atomic mass is 32.2. The molecule has 0 aliphatic rings. The molecule has 3 aromatic rings. The third-order valence-electron chi connectivity index (χ3n) is 6.12. The van der Waals surface area contributed by atoms with Crippen LogP contribution in [0.3, 0.4) is 0 Å². The molecule has 2 amide bonds. The fraction of sp³-hybridized carbons (Fsp3) is 0.333. The molecule has 0 spiro atoms. The average molecular weight is 570 g/mol. The monoisotopic (exact) mass is 569 g/mol. The van der Waals surface area contributed by atoms with Crippen molar-refractivity contribution < 1.29 is 27.1 Å². The number of anilines is 1. The maximum absolute atomic E-state index is 14.0. The first-order valence-electron chi connectivity index (χ1n) is 12.9. The van der Waals surface area contributed by atoms with Crippen molar-refractivity contribution in [2.75, 3.05) is 18.0 Å². The summed E-state index contributed by atoms with van der Waals surface area (Å²) in [6, 6.07) is 18.9. The molecule has 0 saturated heterocycles. The molecule has 0 aliphatic heterocycles. The number of nitrogens with one attached hydrogen (secondary N) is 1. The second-order valence-corrected chi connectivity index (χ2v) is 12.2. The molecule has 1 unspecified atom stereocenters. The van der Waals surface area contributed by atoms with Crippen LogP contribution in [0.4, 0.5) is 10.1 Å². The molecule has 10 heteroatoms. The number of rotatable bonds is 11. The van der Waals surface area contributed by atoms with E-state index < -0.39 is 39.9 Å². The largest absolute Gasteiger partial charge is 0.497 e. The van der Waals surface area contributed by atoms with E-state index in [2.05, 4.69) is 5.32 Å². The van der Waals surface area contributed by atoms with Gasteiger partial charge in [-0.2, -0.15) is 0 Å². The summed E-state index contributed by atoms with van der Waals surface area (Å²) in [6.07, 6.45) is 0.281. The number of hydrogen-bond acceptors (Lipinski definition) is 5. The molecule has 0 heterocycles. The lowest BCUT2D eigenvalue weighted by atomic mass is 10.1. The van der Waals surface area contributed by atoms with Gasteiger partial charge < -0.3 is 15.0 Å². The predicted octanol–water partition coefficient (Wildman–Crippen LogP) is 4.75. The van der Waals surface area contributed by atoms with E-state index in [0.717, 1.165) is 4.31 Å². The molecule has 0 bridgehead atoms. The molecule has 214 valence electrons. The van der Waals surface area contributed by atoms with Gasteiger partial charge >= 0.3 is 0 Å². The molecule has 40 heavy (non-hydrogen) atoms. The lowest BCUT2D eigenvalue weighted by molar-refractivity contribution is -0.141. The summed E-state index contributed by atoms with van der Waals surface area (Å²) in [5.74, 6) is -0.864. The minimum Gasteiger partial charge on any atom is -0.497 e. The molecule has 0 radical (unpaired) electrons. The van der Waals surface area contributed by atoms with E-state index in [4.69, 9.17) is 4.74 Å². The van der Waals surface area contributed by atoms with Crippen LogP contribution in [-0.2, 0) is 26.2 Å². The van der Waals surface area contributed by atoms with Gasteiger partial charge in [0.25, 0.3) is 10.0 Å². The number of halogens is 1. The van der Waals surface area contributed by atoms with Gasteiger partial charge in [-0.3, -0.25) is 13.9 Å². The zero-order valence-corrected chi connectivity index (χ0v) is 24.2. The van der Waals surface area contributed by atoms with Crippen LogP contribution >= 0.6 is 0 Å². The van der Waals surface area contributed by atoms with Crippen LogP contribution in [0.25, 0.3) is 0 Å². The molecule has 8 nitrogen and oxygen atoms in total. The van der Waals surface area contributed by atoms with Gasteiger partial charge in [0.1, 0.15) is 24.2 Å². The third kappa shape index (κ3) is 7.81. The lowest BCUT2D eigenvalue weighted by Gasteiger charge is -2.34. The second kappa shape index (κ2) is 13.0. The van der Waals surface area contributed by atoms with Crippen molar-refractivity contribution in [3.8, 4) is 5.75 Å². The van der Waals surface area contributed by atoms with E-state index in [-0.39, 0.29) is 29.5 Å². The van der Waals surface area contributed by atoms with Crippen LogP contribution in [0.15, 0.2) is 83.8 Å². The number of amides is 2. The smallest absolute Gasteiger partial charge is 0.264 e. The summed E-state index contributed by atoms with van der Waals surface area (Å²) < 4.78 is 47.4. The Hall–Kier alpha value is -3.92. The number of methoxy groups -OCH3 is 1. The Morgan fingerprint density at radius 1 is 0.950 bits per heavy atom. The van der Waals surface area contributed by atoms with E-state index in [1.807, 2.05) is 20.8 Å². The number of carbonyl (C=O) groups is 2. The molecule has 3 aromatic carbocycles. The molecule has 1 N–H and O–H groups in total. The van der Waals surface area contributed by atoms with Gasteiger partial charge in [0.05, 0.1) is 17.7 Å². The number of carbonyl (C=O) groups excluding carboxylic acids is 2. The van der Waals surface area contributed by atoms with Crippen LogP contribution in [0, 0.1) is 5.82 Å². The van der Waals surface area contributed by atoms with Gasteiger partial charge in [-0.1, -0.05) is 37.3 Å². The first-order chi connectivity index (χ1) is 18.9. The number of benzene rings is 3. The average Bonchev–Trinajstić information content (AvgIpc) is 2.92. The topological polar surface area (TPSA) is 96.0 Å². The van der Waals surface area contributed by atoms with Gasteiger partial charge in [-0.15, -0.1) is 0 Å². The number of ether oxygens (including phenoxy) is 1. The van der Waals surface area contributed by atoms with Gasteiger partial charge in [-0.05, 0) is 81.3 Å². The standard InChI is InChI=1S/C30H36FN3O5S/c1-6-27(29(36)32-30(2,3)4)33(20-22-12-14-23(31)15-13-22)28(35)21-34(24-16-18-25(39-5)19-17-24)40(37,38)26-10-8-7-9-11-26/h7-19,27H,6,20-21H2,1-5H3,(H,32,36). The van der Waals surface area contributed by atoms with Gasteiger partial charge in [0.2, 0.25) is 11.8 Å². The SMILES string of the molecule is CCC(C(=O)NC(C)(C)C)N(Cc1ccc(F)cc1)C(=O)CN(c1ccc(OC)cc1)S(=O)(=O)c1ccccc1. The van der Waals surface area contributed by atoms with E-state index in [1.165, 1.54) is 48.4 Å². The zero-order chi connectivity index (χ0) is 29.5. The number of hydrogen-bond donors (Lipinski definition) is 1. The fourth-order valence-electron chi connectivity index (χ4n) is 4.16. The van der Waals surface area contributed by atoms with Crippen molar-refractivity contribution in [2.45, 2.75) is 57.1 Å². The molecule has 0 fully saturated rings. The highest BCUT2D eigenvalue weighted by Crippen LogP contribution is 2.27. The van der Waals surface area contributed by atoms with Gasteiger partial charge in [0, 0.05) is 12.1 Å². The van der Waals surface area contributed by atoms with Crippen LogP contribution in [0.1, 0.15) is 39.7 Å². The Morgan fingerprint density at radius 3 is 2.08 bits per heavy atom. The van der Waals surface area contributed by atoms with Crippen molar-refractivity contribution in [1.82, 2.24) is 10.2 Å². The summed E-state index contributed by atoms with van der Waals surface area (Å²) in [6.45, 7) is 6.70. The van der Waals surface area contributed by atoms with E-state index in [0.29, 0.717) is 11.3 Å². The second-order valence-electron chi connectivity index (χ2n) is 10.3. The highest BCUT2D eigenvalue weighted by Gasteiger charge is 2.34. The van der Waals surface area contributed by atoms with Crippen LogP contribution in [0.5, 0.6) is 5.75 Å². The first kappa shape index (κ1) is 30.6. The third-order valence-corrected chi connectivity index (χ3v) is 7.91. The molecule has 3 rings (SSSR count). The van der Waals surface area contributed by atoms with Gasteiger partial charge in [-0.25, -0.2) is 12.8 Å². The zero-order valence-electron chi connectivity index (χ0n) is 23.4. The Bertz CT molecular complexity index is 1390. The Labute approximate surface area is 235 Å². The Balaban J connectivity index is 2.06. The van der Waals surface area contributed by atoms with Crippen molar-refractivity contribution >= 4 is 27.5 Å². The van der Waals surface area contributed by atoms with E-state index in [9.17, 15) is 22.4 Å². The van der Waals surface area contributed by atoms with Crippen molar-refractivity contribution in [1.29, 1.82) is 0 Å². The van der Waals surface area contributed by atoms with E-state index in [1.54, 1.807) is 49.4 Å². The van der Waals surface area contributed by atoms with E-state index >= 15 is 0 Å². The van der Waals surface area contributed by atoms with Crippen LogP contribution in [0.2, 0.25) is 0 Å². The highest BCUT2D eigenvalue weighted by molar-refractivity contribution is 7.92. The number of sulfonamides is 1. The minimum atomic E-state index is -4.17. The predicted molar refractivity (Wildman–Crippen MR) is 153 cm³/mol. The summed E-state index contributed by atoms with van der Waals surface area (Å²) in [7, 11) is -2.67. The summed E-state index contributed by atoms with van der Waals surface area (Å²) in [4.78, 5) is 28.7. The molecule has 0 aromatic heterocycles. The molecule has 0 aliphatic carbocycles. The molecular weight excluding hydrogens is 533 g/mol. The normalized spacial score (nSPS) is 12.3. The molecule has 1 atom stereocenters. The van der Waals surface area contributed by atoms with Crippen molar-refractivity contribution in [3.05, 3.63) is 90.2 Å². The summed E-state index contributed by atoms with van der Waals surface area (Å²) >= 11 is 0.